The first-order chi connectivity index (χ1) is 12.4. The number of benzene rings is 1. The Labute approximate surface area is 148 Å². The van der Waals surface area contributed by atoms with Gasteiger partial charge in [-0.1, -0.05) is 30.3 Å². The summed E-state index contributed by atoms with van der Waals surface area (Å²) in [4.78, 5) is 17.1. The predicted molar refractivity (Wildman–Crippen MR) is 86.8 cm³/mol. The number of carbonyl (C=O) groups excluding carboxylic acids is 1. The average Bonchev–Trinajstić information content (AvgIpc) is 2.63. The van der Waals surface area contributed by atoms with E-state index in [9.17, 15) is 18.0 Å². The molecule has 0 unspecified atom stereocenters. The van der Waals surface area contributed by atoms with Gasteiger partial charge >= 0.3 is 6.18 Å². The first-order valence-electron chi connectivity index (χ1n) is 8.01. The summed E-state index contributed by atoms with van der Waals surface area (Å²) in [6.45, 7) is 0.770. The van der Waals surface area contributed by atoms with Gasteiger partial charge in [-0.2, -0.15) is 13.2 Å². The molecule has 138 valence electrons. The number of aliphatic hydroxyl groups is 1. The van der Waals surface area contributed by atoms with E-state index in [1.54, 1.807) is 29.2 Å². The lowest BCUT2D eigenvalue weighted by atomic mass is 10.1. The van der Waals surface area contributed by atoms with E-state index in [1.165, 1.54) is 12.1 Å². The van der Waals surface area contributed by atoms with E-state index in [0.717, 1.165) is 5.56 Å². The number of hydrogen-bond acceptors (Lipinski definition) is 4. The Balaban J connectivity index is 1.81. The number of pyridine rings is 1. The number of rotatable bonds is 4. The zero-order chi connectivity index (χ0) is 18.7. The fourth-order valence-corrected chi connectivity index (χ4v) is 2.74. The van der Waals surface area contributed by atoms with Crippen LogP contribution >= 0.6 is 0 Å². The molecule has 0 aliphatic carbocycles. The highest BCUT2D eigenvalue weighted by molar-refractivity contribution is 5.78. The van der Waals surface area contributed by atoms with E-state index >= 15 is 0 Å². The van der Waals surface area contributed by atoms with Crippen molar-refractivity contribution in [2.75, 3.05) is 19.8 Å². The molecule has 1 N–H and O–H groups in total. The molecule has 0 saturated carbocycles. The zero-order valence-corrected chi connectivity index (χ0v) is 13.8. The average molecular weight is 366 g/mol. The van der Waals surface area contributed by atoms with Gasteiger partial charge in [0, 0.05) is 24.2 Å². The molecule has 26 heavy (non-hydrogen) atoms. The maximum absolute atomic E-state index is 13.1. The second-order valence-corrected chi connectivity index (χ2v) is 5.92. The van der Waals surface area contributed by atoms with Crippen molar-refractivity contribution in [1.29, 1.82) is 0 Å². The van der Waals surface area contributed by atoms with Crippen LogP contribution in [0.3, 0.4) is 0 Å². The van der Waals surface area contributed by atoms with Crippen LogP contribution in [0, 0.1) is 0 Å². The first-order valence-corrected chi connectivity index (χ1v) is 8.01. The molecule has 1 aliphatic rings. The molecule has 0 radical (unpaired) electrons. The Hall–Kier alpha value is -2.45. The molecular weight excluding hydrogens is 349 g/mol. The molecule has 8 heteroatoms. The van der Waals surface area contributed by atoms with Gasteiger partial charge in [0.05, 0.1) is 18.9 Å². The fraction of sp³-hybridized carbons (Fsp3) is 0.333. The minimum absolute atomic E-state index is 0.0689. The second-order valence-electron chi connectivity index (χ2n) is 5.92. The Morgan fingerprint density at radius 1 is 1.15 bits per heavy atom. The van der Waals surface area contributed by atoms with Crippen LogP contribution in [0.25, 0.3) is 11.3 Å². The Morgan fingerprint density at radius 3 is 2.50 bits per heavy atom. The second kappa shape index (κ2) is 7.43. The molecule has 1 aromatic heterocycles. The maximum Gasteiger partial charge on any atom is 0.433 e. The lowest BCUT2D eigenvalue weighted by Crippen LogP contribution is -2.40. The molecule has 1 aromatic carbocycles. The van der Waals surface area contributed by atoms with Crippen molar-refractivity contribution in [2.24, 2.45) is 0 Å². The highest BCUT2D eigenvalue weighted by Gasteiger charge is 2.35. The van der Waals surface area contributed by atoms with Crippen molar-refractivity contribution in [2.45, 2.75) is 19.3 Å². The number of nitrogens with zero attached hydrogens (tertiary/aromatic N) is 2. The summed E-state index contributed by atoms with van der Waals surface area (Å²) in [5.74, 6) is -0.0867. The van der Waals surface area contributed by atoms with E-state index in [-0.39, 0.29) is 23.8 Å². The lowest BCUT2D eigenvalue weighted by Gasteiger charge is -2.26. The monoisotopic (exact) mass is 366 g/mol. The summed E-state index contributed by atoms with van der Waals surface area (Å²) in [5, 5.41) is 9.08. The van der Waals surface area contributed by atoms with E-state index in [2.05, 4.69) is 4.98 Å². The van der Waals surface area contributed by atoms with Gasteiger partial charge in [-0.05, 0) is 11.6 Å². The summed E-state index contributed by atoms with van der Waals surface area (Å²) in [6.07, 6.45) is -4.63. The molecule has 0 bridgehead atoms. The van der Waals surface area contributed by atoms with Crippen LogP contribution in [0.2, 0.25) is 0 Å². The molecule has 1 fully saturated rings. The molecule has 2 aromatic rings. The molecule has 0 atom stereocenters. The van der Waals surface area contributed by atoms with Gasteiger partial charge in [0.1, 0.15) is 6.61 Å². The van der Waals surface area contributed by atoms with Crippen molar-refractivity contribution in [3.63, 3.8) is 0 Å². The standard InChI is InChI=1S/C18H17F3N2O3/c19-18(20,21)17-14(10-24)5-6-15(22-17)13-3-1-12(2-4-13)9-23-7-8-26-11-16(23)25/h1-6,24H,7-11H2. The predicted octanol–water partition coefficient (Wildman–Crippen LogP) is 2.62. The molecule has 1 aliphatic heterocycles. The van der Waals surface area contributed by atoms with Gasteiger partial charge in [0.25, 0.3) is 0 Å². The van der Waals surface area contributed by atoms with E-state index in [4.69, 9.17) is 9.84 Å². The first kappa shape index (κ1) is 18.3. The van der Waals surface area contributed by atoms with Crippen LogP contribution < -0.4 is 0 Å². The van der Waals surface area contributed by atoms with Crippen LogP contribution in [0.4, 0.5) is 13.2 Å². The van der Waals surface area contributed by atoms with Crippen molar-refractivity contribution >= 4 is 5.91 Å². The summed E-state index contributed by atoms with van der Waals surface area (Å²) in [7, 11) is 0. The van der Waals surface area contributed by atoms with Crippen LogP contribution in [-0.2, 0) is 28.9 Å². The van der Waals surface area contributed by atoms with Crippen LogP contribution in [0.5, 0.6) is 0 Å². The van der Waals surface area contributed by atoms with E-state index in [1.807, 2.05) is 0 Å². The fourth-order valence-electron chi connectivity index (χ4n) is 2.74. The molecular formula is C18H17F3N2O3. The third kappa shape index (κ3) is 4.03. The molecule has 5 nitrogen and oxygen atoms in total. The number of alkyl halides is 3. The van der Waals surface area contributed by atoms with Crippen molar-refractivity contribution < 1.29 is 27.8 Å². The van der Waals surface area contributed by atoms with Gasteiger partial charge in [-0.3, -0.25) is 4.79 Å². The number of ether oxygens (including phenoxy) is 1. The van der Waals surface area contributed by atoms with E-state index in [0.29, 0.717) is 25.3 Å². The maximum atomic E-state index is 13.1. The highest BCUT2D eigenvalue weighted by atomic mass is 19.4. The Bertz CT molecular complexity index is 791. The van der Waals surface area contributed by atoms with Crippen molar-refractivity contribution in [1.82, 2.24) is 9.88 Å². The van der Waals surface area contributed by atoms with Crippen LogP contribution in [-0.4, -0.2) is 40.7 Å². The number of aliphatic hydroxyl groups excluding tert-OH is 1. The normalized spacial score (nSPS) is 15.4. The summed E-state index contributed by atoms with van der Waals surface area (Å²) >= 11 is 0. The smallest absolute Gasteiger partial charge is 0.392 e. The number of morpholine rings is 1. The van der Waals surface area contributed by atoms with Crippen molar-refractivity contribution in [3.8, 4) is 11.3 Å². The lowest BCUT2D eigenvalue weighted by molar-refractivity contribution is -0.143. The van der Waals surface area contributed by atoms with Gasteiger partial charge in [-0.25, -0.2) is 4.98 Å². The molecule has 0 spiro atoms. The minimum Gasteiger partial charge on any atom is -0.392 e. The molecule has 2 heterocycles. The molecule has 1 amide bonds. The molecule has 1 saturated heterocycles. The largest absolute Gasteiger partial charge is 0.433 e. The van der Waals surface area contributed by atoms with Crippen molar-refractivity contribution in [3.05, 3.63) is 53.2 Å². The van der Waals surface area contributed by atoms with Gasteiger partial charge < -0.3 is 14.7 Å². The SMILES string of the molecule is O=C1COCCN1Cc1ccc(-c2ccc(CO)c(C(F)(F)F)n2)cc1. The van der Waals surface area contributed by atoms with Gasteiger partial charge in [-0.15, -0.1) is 0 Å². The summed E-state index contributed by atoms with van der Waals surface area (Å²) in [6, 6.07) is 9.52. The van der Waals surface area contributed by atoms with E-state index < -0.39 is 18.5 Å². The third-order valence-electron chi connectivity index (χ3n) is 4.12. The Morgan fingerprint density at radius 2 is 1.88 bits per heavy atom. The molecule has 3 rings (SSSR count). The van der Waals surface area contributed by atoms with Crippen LogP contribution in [0.1, 0.15) is 16.8 Å². The van der Waals surface area contributed by atoms with Gasteiger partial charge in [0.15, 0.2) is 5.69 Å². The zero-order valence-electron chi connectivity index (χ0n) is 13.8. The number of hydrogen-bond donors (Lipinski definition) is 1. The number of carbonyl (C=O) groups is 1. The quantitative estimate of drug-likeness (QED) is 0.904. The number of halogens is 3. The minimum atomic E-state index is -4.63. The third-order valence-corrected chi connectivity index (χ3v) is 4.12. The van der Waals surface area contributed by atoms with Crippen LogP contribution in [0.15, 0.2) is 36.4 Å². The van der Waals surface area contributed by atoms with Gasteiger partial charge in [0.2, 0.25) is 5.91 Å². The summed E-state index contributed by atoms with van der Waals surface area (Å²) < 4.78 is 44.3. The topological polar surface area (TPSA) is 62.7 Å². The number of amides is 1. The Kier molecular flexibility index (Phi) is 5.24. The highest BCUT2D eigenvalue weighted by Crippen LogP contribution is 2.32. The summed E-state index contributed by atoms with van der Waals surface area (Å²) in [5.41, 5.74) is 0.219. The number of aromatic nitrogens is 1.